The molecule has 178 valence electrons. The number of benzene rings is 3. The van der Waals surface area contributed by atoms with Crippen molar-refractivity contribution >= 4 is 15.9 Å². The predicted octanol–water partition coefficient (Wildman–Crippen LogP) is 4.47. The summed E-state index contributed by atoms with van der Waals surface area (Å²) in [5, 5.41) is 3.08. The number of carbonyl (C=O) groups is 1. The van der Waals surface area contributed by atoms with E-state index in [9.17, 15) is 13.2 Å². The summed E-state index contributed by atoms with van der Waals surface area (Å²) in [4.78, 5) is 13.2. The van der Waals surface area contributed by atoms with E-state index in [2.05, 4.69) is 11.4 Å². The van der Waals surface area contributed by atoms with E-state index < -0.39 is 10.0 Å². The molecule has 0 radical (unpaired) electrons. The van der Waals surface area contributed by atoms with Crippen LogP contribution in [0.3, 0.4) is 0 Å². The summed E-state index contributed by atoms with van der Waals surface area (Å²) in [5.74, 6) is 0.289. The molecule has 1 aliphatic carbocycles. The number of nitrogens with zero attached hydrogens (tertiary/aromatic N) is 1. The molecular formula is C27H30N2O4S. The maximum absolute atomic E-state index is 13.5. The number of sulfonamides is 1. The molecule has 1 aliphatic rings. The van der Waals surface area contributed by atoms with Crippen molar-refractivity contribution in [3.8, 4) is 5.75 Å². The number of nitrogens with one attached hydrogen (secondary N) is 1. The largest absolute Gasteiger partial charge is 0.494 e. The molecule has 1 N–H and O–H groups in total. The smallest absolute Gasteiger partial charge is 0.243 e. The van der Waals surface area contributed by atoms with Crippen LogP contribution in [0.25, 0.3) is 0 Å². The lowest BCUT2D eigenvalue weighted by Gasteiger charge is -2.28. The highest BCUT2D eigenvalue weighted by atomic mass is 32.2. The molecule has 4 rings (SSSR count). The molecule has 3 aromatic rings. The molecule has 6 nitrogen and oxygen atoms in total. The Kier molecular flexibility index (Phi) is 7.65. The van der Waals surface area contributed by atoms with Crippen LogP contribution in [0.15, 0.2) is 83.8 Å². The second-order valence-corrected chi connectivity index (χ2v) is 10.3. The minimum atomic E-state index is -3.91. The molecule has 1 atom stereocenters. The summed E-state index contributed by atoms with van der Waals surface area (Å²) in [7, 11) is -3.91. The van der Waals surface area contributed by atoms with E-state index >= 15 is 0 Å². The molecule has 34 heavy (non-hydrogen) atoms. The van der Waals surface area contributed by atoms with E-state index in [1.807, 2.05) is 55.5 Å². The van der Waals surface area contributed by atoms with Gasteiger partial charge in [0.15, 0.2) is 0 Å². The molecule has 0 aliphatic heterocycles. The van der Waals surface area contributed by atoms with Gasteiger partial charge in [-0.25, -0.2) is 8.42 Å². The van der Waals surface area contributed by atoms with Gasteiger partial charge in [-0.2, -0.15) is 4.31 Å². The SMILES string of the molecule is CCOc1ccc(S(=O)(=O)N(CC(=O)N[C@H]2CCCc3ccccc32)Cc2ccccc2)cc1. The van der Waals surface area contributed by atoms with Crippen LogP contribution >= 0.6 is 0 Å². The van der Waals surface area contributed by atoms with E-state index in [1.165, 1.54) is 22.0 Å². The molecule has 3 aromatic carbocycles. The van der Waals surface area contributed by atoms with Gasteiger partial charge in [0, 0.05) is 6.54 Å². The third-order valence-corrected chi connectivity index (χ3v) is 7.80. The zero-order valence-electron chi connectivity index (χ0n) is 19.3. The van der Waals surface area contributed by atoms with Gasteiger partial charge < -0.3 is 10.1 Å². The summed E-state index contributed by atoms with van der Waals surface area (Å²) in [6.45, 7) is 2.21. The van der Waals surface area contributed by atoms with Crippen molar-refractivity contribution in [1.29, 1.82) is 0 Å². The fourth-order valence-electron chi connectivity index (χ4n) is 4.34. The van der Waals surface area contributed by atoms with Crippen molar-refractivity contribution in [1.82, 2.24) is 9.62 Å². The van der Waals surface area contributed by atoms with Gasteiger partial charge in [0.2, 0.25) is 15.9 Å². The van der Waals surface area contributed by atoms with Gasteiger partial charge in [-0.1, -0.05) is 54.6 Å². The van der Waals surface area contributed by atoms with Crippen LogP contribution in [0, 0.1) is 0 Å². The summed E-state index contributed by atoms with van der Waals surface area (Å²) in [5.41, 5.74) is 3.17. The van der Waals surface area contributed by atoms with Gasteiger partial charge in [0.05, 0.1) is 24.1 Å². The third-order valence-electron chi connectivity index (χ3n) is 6.00. The van der Waals surface area contributed by atoms with Gasteiger partial charge in [-0.15, -0.1) is 0 Å². The summed E-state index contributed by atoms with van der Waals surface area (Å²) in [6.07, 6.45) is 2.82. The Morgan fingerprint density at radius 2 is 1.71 bits per heavy atom. The number of hydrogen-bond acceptors (Lipinski definition) is 4. The normalized spacial score (nSPS) is 15.5. The Bertz CT molecular complexity index is 1210. The second-order valence-electron chi connectivity index (χ2n) is 8.37. The van der Waals surface area contributed by atoms with E-state index in [1.54, 1.807) is 12.1 Å². The van der Waals surface area contributed by atoms with Gasteiger partial charge >= 0.3 is 0 Å². The highest BCUT2D eigenvalue weighted by Gasteiger charge is 2.29. The average molecular weight is 479 g/mol. The number of ether oxygens (including phenoxy) is 1. The van der Waals surface area contributed by atoms with E-state index in [0.29, 0.717) is 12.4 Å². The number of carbonyl (C=O) groups excluding carboxylic acids is 1. The first-order valence-corrected chi connectivity index (χ1v) is 13.1. The lowest BCUT2D eigenvalue weighted by molar-refractivity contribution is -0.122. The number of amides is 1. The van der Waals surface area contributed by atoms with Crippen LogP contribution in [0.1, 0.15) is 42.5 Å². The molecule has 0 saturated heterocycles. The Hall–Kier alpha value is -3.16. The minimum Gasteiger partial charge on any atom is -0.494 e. The Labute approximate surface area is 201 Å². The Morgan fingerprint density at radius 3 is 2.44 bits per heavy atom. The predicted molar refractivity (Wildman–Crippen MR) is 132 cm³/mol. The van der Waals surface area contributed by atoms with Gasteiger partial charge in [-0.3, -0.25) is 4.79 Å². The standard InChI is InChI=1S/C27H30N2O4S/c1-2-33-23-15-17-24(18-16-23)34(31,32)29(19-21-9-4-3-5-10-21)20-27(30)28-26-14-8-12-22-11-6-7-13-25(22)26/h3-7,9-11,13,15-18,26H,2,8,12,14,19-20H2,1H3,(H,28,30)/t26-/m0/s1. The van der Waals surface area contributed by atoms with E-state index in [4.69, 9.17) is 4.74 Å². The molecule has 0 saturated carbocycles. The first-order chi connectivity index (χ1) is 16.5. The maximum Gasteiger partial charge on any atom is 0.243 e. The molecule has 0 bridgehead atoms. The molecule has 0 spiro atoms. The summed E-state index contributed by atoms with van der Waals surface area (Å²) in [6, 6.07) is 23.6. The van der Waals surface area contributed by atoms with Gasteiger partial charge in [-0.05, 0) is 67.1 Å². The van der Waals surface area contributed by atoms with Gasteiger partial charge in [0.25, 0.3) is 0 Å². The maximum atomic E-state index is 13.5. The quantitative estimate of drug-likeness (QED) is 0.492. The molecule has 0 unspecified atom stereocenters. The zero-order valence-corrected chi connectivity index (χ0v) is 20.1. The Morgan fingerprint density at radius 1 is 1.00 bits per heavy atom. The first kappa shape index (κ1) is 24.0. The minimum absolute atomic E-state index is 0.102. The molecule has 0 heterocycles. The van der Waals surface area contributed by atoms with Crippen molar-refractivity contribution in [2.24, 2.45) is 0 Å². The summed E-state index contributed by atoms with van der Waals surface area (Å²) < 4.78 is 33.7. The monoisotopic (exact) mass is 478 g/mol. The fourth-order valence-corrected chi connectivity index (χ4v) is 5.72. The number of rotatable bonds is 9. The van der Waals surface area contributed by atoms with E-state index in [-0.39, 0.29) is 29.9 Å². The fraction of sp³-hybridized carbons (Fsp3) is 0.296. The molecule has 1 amide bonds. The first-order valence-electron chi connectivity index (χ1n) is 11.6. The second kappa shape index (κ2) is 10.8. The number of hydrogen-bond donors (Lipinski definition) is 1. The van der Waals surface area contributed by atoms with Crippen LogP contribution in [0.5, 0.6) is 5.75 Å². The molecule has 0 fully saturated rings. The third kappa shape index (κ3) is 5.66. The molecule has 7 heteroatoms. The van der Waals surface area contributed by atoms with Crippen LogP contribution in [0.2, 0.25) is 0 Å². The lowest BCUT2D eigenvalue weighted by Crippen LogP contribution is -2.42. The molecular weight excluding hydrogens is 448 g/mol. The number of aryl methyl sites for hydroxylation is 1. The van der Waals surface area contributed by atoms with Gasteiger partial charge in [0.1, 0.15) is 5.75 Å². The van der Waals surface area contributed by atoms with Crippen LogP contribution in [-0.2, 0) is 27.8 Å². The lowest BCUT2D eigenvalue weighted by atomic mass is 9.88. The van der Waals surface area contributed by atoms with Crippen molar-refractivity contribution in [2.45, 2.75) is 43.7 Å². The zero-order chi connectivity index (χ0) is 24.0. The topological polar surface area (TPSA) is 75.7 Å². The highest BCUT2D eigenvalue weighted by molar-refractivity contribution is 7.89. The van der Waals surface area contributed by atoms with Crippen molar-refractivity contribution in [3.63, 3.8) is 0 Å². The van der Waals surface area contributed by atoms with E-state index in [0.717, 1.165) is 30.4 Å². The van der Waals surface area contributed by atoms with Crippen molar-refractivity contribution < 1.29 is 17.9 Å². The highest BCUT2D eigenvalue weighted by Crippen LogP contribution is 2.29. The molecule has 0 aromatic heterocycles. The Balaban J connectivity index is 1.56. The summed E-state index contributed by atoms with van der Waals surface area (Å²) >= 11 is 0. The van der Waals surface area contributed by atoms with Crippen molar-refractivity contribution in [2.75, 3.05) is 13.2 Å². The number of fused-ring (bicyclic) bond motifs is 1. The van der Waals surface area contributed by atoms with Crippen LogP contribution in [0.4, 0.5) is 0 Å². The van der Waals surface area contributed by atoms with Crippen molar-refractivity contribution in [3.05, 3.63) is 95.6 Å². The average Bonchev–Trinajstić information content (AvgIpc) is 2.85. The van der Waals surface area contributed by atoms with Crippen LogP contribution < -0.4 is 10.1 Å². The van der Waals surface area contributed by atoms with Crippen LogP contribution in [-0.4, -0.2) is 31.8 Å².